The molecule has 1 aliphatic heterocycles. The molecule has 94 valence electrons. The molecule has 0 spiro atoms. The van der Waals surface area contributed by atoms with E-state index in [0.29, 0.717) is 6.61 Å². The van der Waals surface area contributed by atoms with Gasteiger partial charge in [-0.15, -0.1) is 0 Å². The number of aliphatic hydroxyl groups excluding tert-OH is 1. The molecule has 0 bridgehead atoms. The van der Waals surface area contributed by atoms with Gasteiger partial charge in [-0.25, -0.2) is 0 Å². The van der Waals surface area contributed by atoms with Crippen LogP contribution in [0, 0.1) is 0 Å². The van der Waals surface area contributed by atoms with Gasteiger partial charge in [0.05, 0.1) is 11.7 Å². The molecular weight excluding hydrogens is 226 g/mol. The monoisotopic (exact) mass is 243 g/mol. The summed E-state index contributed by atoms with van der Waals surface area (Å²) >= 11 is 0. The molecule has 1 aliphatic rings. The van der Waals surface area contributed by atoms with Crippen LogP contribution in [0.4, 0.5) is 5.69 Å². The van der Waals surface area contributed by atoms with Gasteiger partial charge >= 0.3 is 0 Å². The van der Waals surface area contributed by atoms with Crippen molar-refractivity contribution in [3.8, 4) is 5.75 Å². The molecule has 0 radical (unpaired) electrons. The summed E-state index contributed by atoms with van der Waals surface area (Å²) in [7, 11) is 2.07. The second-order valence-electron chi connectivity index (χ2n) is 4.72. The predicted octanol–water partition coefficient (Wildman–Crippen LogP) is 2.42. The number of rotatable bonds is 2. The Balaban J connectivity index is 2.09. The number of aliphatic hydroxyl groups is 1. The van der Waals surface area contributed by atoms with E-state index in [4.69, 9.17) is 9.84 Å². The molecule has 0 amide bonds. The van der Waals surface area contributed by atoms with E-state index in [0.717, 1.165) is 23.2 Å². The highest BCUT2D eigenvalue weighted by Crippen LogP contribution is 2.39. The lowest BCUT2D eigenvalue weighted by molar-refractivity contribution is 0.221. The number of anilines is 1. The molecule has 2 aromatic carbocycles. The van der Waals surface area contributed by atoms with Crippen LogP contribution in [0.3, 0.4) is 0 Å². The summed E-state index contributed by atoms with van der Waals surface area (Å²) in [5, 5.41) is 11.4. The number of benzene rings is 2. The predicted molar refractivity (Wildman–Crippen MR) is 73.3 cm³/mol. The Bertz CT molecular complexity index is 567. The standard InChI is InChI=1S/C15H17NO2/c1-16-12(8-9-17)10-18-15-13-5-3-2-4-11(13)6-7-14(15)16/h2-7,12,17H,8-10H2,1H3. The third-order valence-electron chi connectivity index (χ3n) is 3.67. The van der Waals surface area contributed by atoms with Gasteiger partial charge in [-0.3, -0.25) is 0 Å². The molecule has 1 N–H and O–H groups in total. The van der Waals surface area contributed by atoms with Crippen molar-refractivity contribution in [2.45, 2.75) is 12.5 Å². The maximum atomic E-state index is 9.07. The van der Waals surface area contributed by atoms with Gasteiger partial charge in [0.1, 0.15) is 6.61 Å². The molecule has 1 unspecified atom stereocenters. The first-order chi connectivity index (χ1) is 8.81. The van der Waals surface area contributed by atoms with Crippen LogP contribution in [-0.4, -0.2) is 31.4 Å². The fourth-order valence-electron chi connectivity index (χ4n) is 2.57. The zero-order chi connectivity index (χ0) is 12.5. The first kappa shape index (κ1) is 11.4. The van der Waals surface area contributed by atoms with E-state index >= 15 is 0 Å². The minimum absolute atomic E-state index is 0.196. The van der Waals surface area contributed by atoms with E-state index < -0.39 is 0 Å². The van der Waals surface area contributed by atoms with Gasteiger partial charge in [0.25, 0.3) is 0 Å². The molecule has 18 heavy (non-hydrogen) atoms. The van der Waals surface area contributed by atoms with Gasteiger partial charge in [-0.2, -0.15) is 0 Å². The minimum atomic E-state index is 0.196. The van der Waals surface area contributed by atoms with Crippen molar-refractivity contribution >= 4 is 16.5 Å². The molecule has 3 nitrogen and oxygen atoms in total. The number of ether oxygens (including phenoxy) is 1. The Kier molecular flexibility index (Phi) is 2.84. The third kappa shape index (κ3) is 1.71. The first-order valence-electron chi connectivity index (χ1n) is 6.29. The Morgan fingerprint density at radius 2 is 2.11 bits per heavy atom. The van der Waals surface area contributed by atoms with Crippen LogP contribution in [0.25, 0.3) is 10.8 Å². The Labute approximate surface area is 107 Å². The zero-order valence-corrected chi connectivity index (χ0v) is 10.5. The van der Waals surface area contributed by atoms with Crippen LogP contribution in [0.5, 0.6) is 5.75 Å². The fraction of sp³-hybridized carbons (Fsp3) is 0.333. The van der Waals surface area contributed by atoms with Crippen molar-refractivity contribution in [3.05, 3.63) is 36.4 Å². The summed E-state index contributed by atoms with van der Waals surface area (Å²) in [5.74, 6) is 0.963. The van der Waals surface area contributed by atoms with Crippen LogP contribution in [0.2, 0.25) is 0 Å². The molecule has 2 aromatic rings. The highest BCUT2D eigenvalue weighted by molar-refractivity contribution is 5.94. The summed E-state index contributed by atoms with van der Waals surface area (Å²) in [6.07, 6.45) is 0.739. The van der Waals surface area contributed by atoms with Crippen molar-refractivity contribution in [1.29, 1.82) is 0 Å². The second kappa shape index (κ2) is 4.50. The van der Waals surface area contributed by atoms with Gasteiger partial charge in [-0.1, -0.05) is 30.3 Å². The van der Waals surface area contributed by atoms with Gasteiger partial charge in [0.15, 0.2) is 5.75 Å². The van der Waals surface area contributed by atoms with Crippen molar-refractivity contribution in [3.63, 3.8) is 0 Å². The average molecular weight is 243 g/mol. The highest BCUT2D eigenvalue weighted by atomic mass is 16.5. The molecule has 0 saturated carbocycles. The first-order valence-corrected chi connectivity index (χ1v) is 6.29. The number of hydrogen-bond donors (Lipinski definition) is 1. The van der Waals surface area contributed by atoms with E-state index in [1.54, 1.807) is 0 Å². The molecule has 0 saturated heterocycles. The van der Waals surface area contributed by atoms with Gasteiger partial charge in [0, 0.05) is 19.0 Å². The normalized spacial score (nSPS) is 18.6. The zero-order valence-electron chi connectivity index (χ0n) is 10.5. The molecule has 3 heteroatoms. The topological polar surface area (TPSA) is 32.7 Å². The smallest absolute Gasteiger partial charge is 0.150 e. The van der Waals surface area contributed by atoms with Crippen molar-refractivity contribution < 1.29 is 9.84 Å². The molecule has 1 atom stereocenters. The average Bonchev–Trinajstić information content (AvgIpc) is 2.42. The van der Waals surface area contributed by atoms with Crippen molar-refractivity contribution in [1.82, 2.24) is 0 Å². The summed E-state index contributed by atoms with van der Waals surface area (Å²) in [6.45, 7) is 0.833. The van der Waals surface area contributed by atoms with E-state index in [-0.39, 0.29) is 12.6 Å². The van der Waals surface area contributed by atoms with Crippen LogP contribution < -0.4 is 9.64 Å². The number of nitrogens with zero attached hydrogens (tertiary/aromatic N) is 1. The van der Waals surface area contributed by atoms with Gasteiger partial charge in [0.2, 0.25) is 0 Å². The lowest BCUT2D eigenvalue weighted by atomic mass is 10.0. The van der Waals surface area contributed by atoms with Gasteiger partial charge < -0.3 is 14.7 Å². The molecule has 3 rings (SSSR count). The Morgan fingerprint density at radius 3 is 2.94 bits per heavy atom. The number of hydrogen-bond acceptors (Lipinski definition) is 3. The fourth-order valence-corrected chi connectivity index (χ4v) is 2.57. The van der Waals surface area contributed by atoms with E-state index in [2.05, 4.69) is 36.2 Å². The second-order valence-corrected chi connectivity index (χ2v) is 4.72. The van der Waals surface area contributed by atoms with Crippen LogP contribution in [0.15, 0.2) is 36.4 Å². The summed E-state index contributed by atoms with van der Waals surface area (Å²) in [6, 6.07) is 12.7. The van der Waals surface area contributed by atoms with Crippen LogP contribution in [0.1, 0.15) is 6.42 Å². The SMILES string of the molecule is CN1c2ccc3ccccc3c2OCC1CCO. The molecule has 1 heterocycles. The molecular formula is C15H17NO2. The summed E-state index contributed by atoms with van der Waals surface area (Å²) in [5.41, 5.74) is 1.11. The summed E-state index contributed by atoms with van der Waals surface area (Å²) in [4.78, 5) is 2.21. The van der Waals surface area contributed by atoms with E-state index in [1.165, 1.54) is 5.39 Å². The lowest BCUT2D eigenvalue weighted by Crippen LogP contribution is -2.41. The van der Waals surface area contributed by atoms with Crippen LogP contribution in [-0.2, 0) is 0 Å². The Hall–Kier alpha value is -1.74. The lowest BCUT2D eigenvalue weighted by Gasteiger charge is -2.36. The maximum absolute atomic E-state index is 9.07. The minimum Gasteiger partial charge on any atom is -0.489 e. The van der Waals surface area contributed by atoms with E-state index in [9.17, 15) is 0 Å². The maximum Gasteiger partial charge on any atom is 0.150 e. The number of fused-ring (bicyclic) bond motifs is 3. The summed E-state index contributed by atoms with van der Waals surface area (Å²) < 4.78 is 5.92. The largest absolute Gasteiger partial charge is 0.489 e. The molecule has 0 aliphatic carbocycles. The highest BCUT2D eigenvalue weighted by Gasteiger charge is 2.25. The molecule has 0 fully saturated rings. The van der Waals surface area contributed by atoms with Crippen LogP contribution >= 0.6 is 0 Å². The number of likely N-dealkylation sites (N-methyl/N-ethyl adjacent to an activating group) is 1. The third-order valence-corrected chi connectivity index (χ3v) is 3.67. The Morgan fingerprint density at radius 1 is 1.28 bits per heavy atom. The molecule has 0 aromatic heterocycles. The van der Waals surface area contributed by atoms with Crippen molar-refractivity contribution in [2.24, 2.45) is 0 Å². The van der Waals surface area contributed by atoms with E-state index in [1.807, 2.05) is 12.1 Å². The van der Waals surface area contributed by atoms with Crippen molar-refractivity contribution in [2.75, 3.05) is 25.2 Å². The quantitative estimate of drug-likeness (QED) is 0.879. The van der Waals surface area contributed by atoms with Gasteiger partial charge in [-0.05, 0) is 17.9 Å².